The molecule has 1 heterocycles. The third-order valence-corrected chi connectivity index (χ3v) is 4.10. The highest BCUT2D eigenvalue weighted by Gasteiger charge is 2.16. The summed E-state index contributed by atoms with van der Waals surface area (Å²) in [7, 11) is 0. The smallest absolute Gasteiger partial charge is 0.0900 e. The number of thiazole rings is 1. The summed E-state index contributed by atoms with van der Waals surface area (Å²) >= 11 is 1.80. The van der Waals surface area contributed by atoms with Crippen molar-refractivity contribution in [1.82, 2.24) is 10.3 Å². The molecule has 0 radical (unpaired) electrons. The molecular formula is C12H22N2S. The maximum Gasteiger partial charge on any atom is 0.0900 e. The van der Waals surface area contributed by atoms with Crippen molar-refractivity contribution in [1.29, 1.82) is 0 Å². The van der Waals surface area contributed by atoms with Gasteiger partial charge in [0.2, 0.25) is 0 Å². The topological polar surface area (TPSA) is 24.9 Å². The number of rotatable bonds is 4. The first-order valence-corrected chi connectivity index (χ1v) is 6.43. The van der Waals surface area contributed by atoms with Crippen LogP contribution in [0.5, 0.6) is 0 Å². The van der Waals surface area contributed by atoms with Crippen LogP contribution in [0, 0.1) is 19.8 Å². The fourth-order valence-electron chi connectivity index (χ4n) is 1.61. The van der Waals surface area contributed by atoms with Gasteiger partial charge in [-0.3, -0.25) is 0 Å². The first kappa shape index (κ1) is 12.7. The average molecular weight is 226 g/mol. The van der Waals surface area contributed by atoms with Crippen molar-refractivity contribution in [3.05, 3.63) is 15.6 Å². The lowest BCUT2D eigenvalue weighted by atomic mass is 10.1. The van der Waals surface area contributed by atoms with Gasteiger partial charge in [-0.1, -0.05) is 13.8 Å². The van der Waals surface area contributed by atoms with Gasteiger partial charge in [0.25, 0.3) is 0 Å². The van der Waals surface area contributed by atoms with Crippen LogP contribution in [0.25, 0.3) is 0 Å². The zero-order valence-corrected chi connectivity index (χ0v) is 11.4. The van der Waals surface area contributed by atoms with Crippen LogP contribution < -0.4 is 5.32 Å². The van der Waals surface area contributed by atoms with E-state index in [-0.39, 0.29) is 0 Å². The largest absolute Gasteiger partial charge is 0.307 e. The summed E-state index contributed by atoms with van der Waals surface area (Å²) in [4.78, 5) is 5.84. The lowest BCUT2D eigenvalue weighted by molar-refractivity contribution is 0.390. The Hall–Kier alpha value is -0.410. The SMILES string of the molecule is Cc1nc(C)c(C(C)NC(C)C(C)C)s1. The van der Waals surface area contributed by atoms with Gasteiger partial charge in [0, 0.05) is 17.0 Å². The third-order valence-electron chi connectivity index (χ3n) is 2.85. The molecule has 15 heavy (non-hydrogen) atoms. The van der Waals surface area contributed by atoms with Gasteiger partial charge < -0.3 is 5.32 Å². The van der Waals surface area contributed by atoms with Crippen molar-refractivity contribution >= 4 is 11.3 Å². The maximum atomic E-state index is 4.46. The van der Waals surface area contributed by atoms with E-state index in [1.54, 1.807) is 11.3 Å². The van der Waals surface area contributed by atoms with E-state index in [4.69, 9.17) is 0 Å². The van der Waals surface area contributed by atoms with Crippen LogP contribution in [-0.2, 0) is 0 Å². The Morgan fingerprint density at radius 2 is 1.73 bits per heavy atom. The van der Waals surface area contributed by atoms with Crippen LogP contribution in [0.4, 0.5) is 0 Å². The second-order valence-corrected chi connectivity index (χ2v) is 5.84. The first-order valence-electron chi connectivity index (χ1n) is 5.61. The molecule has 0 saturated carbocycles. The molecule has 1 aromatic heterocycles. The zero-order valence-electron chi connectivity index (χ0n) is 10.6. The lowest BCUT2D eigenvalue weighted by Crippen LogP contribution is -2.32. The molecule has 0 aromatic carbocycles. The van der Waals surface area contributed by atoms with E-state index in [2.05, 4.69) is 51.8 Å². The highest BCUT2D eigenvalue weighted by molar-refractivity contribution is 7.11. The predicted octanol–water partition coefficient (Wildman–Crippen LogP) is 3.46. The van der Waals surface area contributed by atoms with Crippen molar-refractivity contribution in [2.24, 2.45) is 5.92 Å². The zero-order chi connectivity index (χ0) is 11.6. The van der Waals surface area contributed by atoms with Crippen molar-refractivity contribution in [2.45, 2.75) is 53.6 Å². The number of aryl methyl sites for hydroxylation is 2. The number of aromatic nitrogens is 1. The highest BCUT2D eigenvalue weighted by atomic mass is 32.1. The molecule has 86 valence electrons. The molecule has 2 atom stereocenters. The second-order valence-electron chi connectivity index (χ2n) is 4.60. The molecule has 2 nitrogen and oxygen atoms in total. The molecule has 1 aromatic rings. The molecule has 0 fully saturated rings. The minimum absolute atomic E-state index is 0.411. The molecule has 0 saturated heterocycles. The molecule has 1 N–H and O–H groups in total. The van der Waals surface area contributed by atoms with Crippen LogP contribution in [-0.4, -0.2) is 11.0 Å². The Morgan fingerprint density at radius 3 is 2.13 bits per heavy atom. The quantitative estimate of drug-likeness (QED) is 0.850. The molecule has 1 rings (SSSR count). The molecule has 0 aliphatic carbocycles. The van der Waals surface area contributed by atoms with Crippen molar-refractivity contribution in [3.8, 4) is 0 Å². The number of nitrogens with one attached hydrogen (secondary N) is 1. The Labute approximate surface area is 97.1 Å². The molecule has 0 aliphatic rings. The molecule has 3 heteroatoms. The van der Waals surface area contributed by atoms with E-state index in [1.807, 2.05) is 0 Å². The summed E-state index contributed by atoms with van der Waals surface area (Å²) in [5.41, 5.74) is 1.17. The predicted molar refractivity (Wildman–Crippen MR) is 67.4 cm³/mol. The van der Waals surface area contributed by atoms with Gasteiger partial charge in [-0.2, -0.15) is 0 Å². The van der Waals surface area contributed by atoms with Gasteiger partial charge in [-0.15, -0.1) is 11.3 Å². The number of hydrogen-bond acceptors (Lipinski definition) is 3. The number of hydrogen-bond donors (Lipinski definition) is 1. The van der Waals surface area contributed by atoms with Crippen molar-refractivity contribution in [2.75, 3.05) is 0 Å². The van der Waals surface area contributed by atoms with Gasteiger partial charge in [0.1, 0.15) is 0 Å². The third kappa shape index (κ3) is 3.28. The molecule has 0 amide bonds. The van der Waals surface area contributed by atoms with E-state index in [9.17, 15) is 0 Å². The van der Waals surface area contributed by atoms with E-state index in [0.717, 1.165) is 5.01 Å². The van der Waals surface area contributed by atoms with Crippen LogP contribution >= 0.6 is 11.3 Å². The Bertz CT molecular complexity index is 317. The maximum absolute atomic E-state index is 4.46. The number of nitrogens with zero attached hydrogens (tertiary/aromatic N) is 1. The Kier molecular flexibility index (Phi) is 4.29. The molecule has 0 spiro atoms. The minimum Gasteiger partial charge on any atom is -0.307 e. The monoisotopic (exact) mass is 226 g/mol. The Balaban J connectivity index is 2.68. The summed E-state index contributed by atoms with van der Waals surface area (Å²) in [6, 6.07) is 0.954. The van der Waals surface area contributed by atoms with E-state index in [0.29, 0.717) is 18.0 Å². The summed E-state index contributed by atoms with van der Waals surface area (Å²) in [6.07, 6.45) is 0. The average Bonchev–Trinajstić information content (AvgIpc) is 2.44. The molecular weight excluding hydrogens is 204 g/mol. The van der Waals surface area contributed by atoms with Gasteiger partial charge >= 0.3 is 0 Å². The van der Waals surface area contributed by atoms with Crippen LogP contribution in [0.2, 0.25) is 0 Å². The van der Waals surface area contributed by atoms with Gasteiger partial charge in [-0.05, 0) is 33.6 Å². The summed E-state index contributed by atoms with van der Waals surface area (Å²) in [5, 5.41) is 4.78. The molecule has 0 aliphatic heterocycles. The van der Waals surface area contributed by atoms with Crippen molar-refractivity contribution in [3.63, 3.8) is 0 Å². The van der Waals surface area contributed by atoms with Crippen LogP contribution in [0.15, 0.2) is 0 Å². The van der Waals surface area contributed by atoms with Crippen molar-refractivity contribution < 1.29 is 0 Å². The molecule has 0 bridgehead atoms. The normalized spacial score (nSPS) is 15.7. The highest BCUT2D eigenvalue weighted by Crippen LogP contribution is 2.25. The lowest BCUT2D eigenvalue weighted by Gasteiger charge is -2.22. The standard InChI is InChI=1S/C12H22N2S/c1-7(2)8(3)13-9(4)12-10(5)14-11(6)15-12/h7-9,13H,1-6H3. The summed E-state index contributed by atoms with van der Waals surface area (Å²) in [6.45, 7) is 13.1. The van der Waals surface area contributed by atoms with Gasteiger partial charge in [0.05, 0.1) is 10.7 Å². The molecule has 2 unspecified atom stereocenters. The van der Waals surface area contributed by atoms with Crippen LogP contribution in [0.3, 0.4) is 0 Å². The second kappa shape index (κ2) is 5.08. The van der Waals surface area contributed by atoms with E-state index >= 15 is 0 Å². The summed E-state index contributed by atoms with van der Waals surface area (Å²) in [5.74, 6) is 0.668. The summed E-state index contributed by atoms with van der Waals surface area (Å²) < 4.78 is 0. The minimum atomic E-state index is 0.411. The fourth-order valence-corrected chi connectivity index (χ4v) is 2.55. The first-order chi connectivity index (χ1) is 6.91. The van der Waals surface area contributed by atoms with Gasteiger partial charge in [0.15, 0.2) is 0 Å². The van der Waals surface area contributed by atoms with Gasteiger partial charge in [-0.25, -0.2) is 4.98 Å². The van der Waals surface area contributed by atoms with E-state index < -0.39 is 0 Å². The van der Waals surface area contributed by atoms with E-state index in [1.165, 1.54) is 10.6 Å². The van der Waals surface area contributed by atoms with Crippen LogP contribution in [0.1, 0.15) is 49.3 Å². The fraction of sp³-hybridized carbons (Fsp3) is 0.750. The Morgan fingerprint density at radius 1 is 1.13 bits per heavy atom.